The van der Waals surface area contributed by atoms with Crippen LogP contribution in [0.15, 0.2) is 79.0 Å². The van der Waals surface area contributed by atoms with Crippen LogP contribution in [0.1, 0.15) is 16.7 Å². The lowest BCUT2D eigenvalue weighted by Gasteiger charge is -2.25. The summed E-state index contributed by atoms with van der Waals surface area (Å²) in [6, 6.07) is 14.3. The number of aromatic hydroxyl groups is 2. The van der Waals surface area contributed by atoms with Crippen molar-refractivity contribution >= 4 is 34.6 Å². The van der Waals surface area contributed by atoms with Crippen LogP contribution in [0.4, 0.5) is 0 Å². The zero-order valence-corrected chi connectivity index (χ0v) is 24.1. The number of fused-ring (bicyclic) bond motifs is 1. The average Bonchev–Trinajstić information content (AvgIpc) is 3.43. The molecule has 13 nitrogen and oxygen atoms in total. The molecule has 4 unspecified atom stereocenters. The lowest BCUT2D eigenvalue weighted by atomic mass is 10.0. The van der Waals surface area contributed by atoms with E-state index in [1.165, 1.54) is 36.4 Å². The van der Waals surface area contributed by atoms with Crippen LogP contribution in [0, 0.1) is 0 Å². The second kappa shape index (κ2) is 14.9. The molecule has 0 saturated carbocycles. The van der Waals surface area contributed by atoms with Crippen LogP contribution in [-0.2, 0) is 38.4 Å². The minimum atomic E-state index is -1.61. The molecule has 1 aromatic heterocycles. The van der Waals surface area contributed by atoms with Gasteiger partial charge in [-0.1, -0.05) is 42.5 Å². The number of carbonyl (C=O) groups is 4. The van der Waals surface area contributed by atoms with Gasteiger partial charge in [0.05, 0.1) is 12.6 Å². The van der Waals surface area contributed by atoms with E-state index < -0.39 is 54.5 Å². The molecule has 4 rings (SSSR count). The number of nitrogens with one attached hydrogen (secondary N) is 4. The van der Waals surface area contributed by atoms with Crippen molar-refractivity contribution in [1.82, 2.24) is 20.9 Å². The number of aliphatic hydroxyl groups excluding tert-OH is 1. The van der Waals surface area contributed by atoms with Gasteiger partial charge < -0.3 is 47.1 Å². The van der Waals surface area contributed by atoms with Crippen LogP contribution in [0.3, 0.4) is 0 Å². The first-order valence-electron chi connectivity index (χ1n) is 14.1. The summed E-state index contributed by atoms with van der Waals surface area (Å²) in [4.78, 5) is 54.9. The number of aliphatic carboxylic acids is 1. The van der Waals surface area contributed by atoms with E-state index in [1.54, 1.807) is 18.3 Å². The van der Waals surface area contributed by atoms with Crippen molar-refractivity contribution < 1.29 is 39.6 Å². The summed E-state index contributed by atoms with van der Waals surface area (Å²) in [5.74, 6) is -3.66. The molecule has 3 aromatic carbocycles. The number of rotatable bonds is 14. The Morgan fingerprint density at radius 2 is 1.20 bits per heavy atom. The molecular weight excluding hydrogens is 582 g/mol. The van der Waals surface area contributed by atoms with Crippen molar-refractivity contribution in [1.29, 1.82) is 0 Å². The maximum absolute atomic E-state index is 13.8. The number of para-hydroxylation sites is 1. The van der Waals surface area contributed by atoms with Crippen LogP contribution < -0.4 is 21.7 Å². The fourth-order valence-corrected chi connectivity index (χ4v) is 4.79. The highest BCUT2D eigenvalue weighted by Gasteiger charge is 2.31. The van der Waals surface area contributed by atoms with Crippen molar-refractivity contribution in [2.45, 2.75) is 43.4 Å². The van der Waals surface area contributed by atoms with Gasteiger partial charge in [-0.2, -0.15) is 0 Å². The molecule has 13 heteroatoms. The standard InChI is InChI=1S/C32H35N5O8/c33-24(13-18-5-9-21(39)10-6-18)29(41)35-27(15-20-16-34-25-4-2-1-3-23(20)25)31(43)36-26(14-19-7-11-22(40)12-8-19)30(42)37-28(17-38)32(44)45/h1-12,16,24,26-28,34,38-40H,13-15,17,33H2,(H,35,41)(H,36,43)(H,37,42)(H,44,45). The molecule has 10 N–H and O–H groups in total. The van der Waals surface area contributed by atoms with E-state index in [0.29, 0.717) is 16.7 Å². The summed E-state index contributed by atoms with van der Waals surface area (Å²) in [5, 5.41) is 46.3. The first-order chi connectivity index (χ1) is 21.5. The monoisotopic (exact) mass is 617 g/mol. The summed E-state index contributed by atoms with van der Waals surface area (Å²) < 4.78 is 0. The fraction of sp³-hybridized carbons (Fsp3) is 0.250. The van der Waals surface area contributed by atoms with E-state index in [4.69, 9.17) is 5.73 Å². The first-order valence-corrected chi connectivity index (χ1v) is 14.1. The highest BCUT2D eigenvalue weighted by molar-refractivity contribution is 5.95. The van der Waals surface area contributed by atoms with Crippen LogP contribution >= 0.6 is 0 Å². The lowest BCUT2D eigenvalue weighted by Crippen LogP contribution is -2.58. The molecule has 0 bridgehead atoms. The molecule has 4 aromatic rings. The van der Waals surface area contributed by atoms with Gasteiger partial charge in [0.25, 0.3) is 0 Å². The Labute approximate surface area is 258 Å². The number of aromatic nitrogens is 1. The van der Waals surface area contributed by atoms with Gasteiger partial charge in [-0.3, -0.25) is 14.4 Å². The van der Waals surface area contributed by atoms with Gasteiger partial charge >= 0.3 is 5.97 Å². The first kappa shape index (κ1) is 32.5. The molecule has 4 atom stereocenters. The molecule has 0 aliphatic heterocycles. The number of benzene rings is 3. The lowest BCUT2D eigenvalue weighted by molar-refractivity contribution is -0.143. The predicted octanol–water partition coefficient (Wildman–Crippen LogP) is 0.466. The summed E-state index contributed by atoms with van der Waals surface area (Å²) in [6.07, 6.45) is 1.77. The van der Waals surface area contributed by atoms with Gasteiger partial charge in [-0.15, -0.1) is 0 Å². The Bertz CT molecular complexity index is 1640. The van der Waals surface area contributed by atoms with Crippen LogP contribution in [0.2, 0.25) is 0 Å². The molecule has 0 aliphatic rings. The maximum atomic E-state index is 13.8. The quantitative estimate of drug-likeness (QED) is 0.0956. The third-order valence-electron chi connectivity index (χ3n) is 7.27. The Morgan fingerprint density at radius 3 is 1.78 bits per heavy atom. The Kier molecular flexibility index (Phi) is 10.7. The molecule has 1 heterocycles. The minimum absolute atomic E-state index is 0.0137. The highest BCUT2D eigenvalue weighted by atomic mass is 16.4. The van der Waals surface area contributed by atoms with Gasteiger partial charge in [0.1, 0.15) is 29.6 Å². The van der Waals surface area contributed by atoms with Crippen LogP contribution in [0.25, 0.3) is 10.9 Å². The number of aromatic amines is 1. The fourth-order valence-electron chi connectivity index (χ4n) is 4.79. The number of phenols is 2. The number of amides is 3. The third-order valence-corrected chi connectivity index (χ3v) is 7.27. The van der Waals surface area contributed by atoms with Gasteiger partial charge in [-0.25, -0.2) is 4.79 Å². The van der Waals surface area contributed by atoms with Crippen molar-refractivity contribution in [3.63, 3.8) is 0 Å². The third kappa shape index (κ3) is 8.81. The zero-order chi connectivity index (χ0) is 32.5. The second-order valence-corrected chi connectivity index (χ2v) is 10.6. The number of hydrogen-bond donors (Lipinski definition) is 9. The summed E-state index contributed by atoms with van der Waals surface area (Å²) in [6.45, 7) is -0.876. The van der Waals surface area contributed by atoms with Gasteiger partial charge in [0.15, 0.2) is 0 Å². The predicted molar refractivity (Wildman–Crippen MR) is 164 cm³/mol. The number of nitrogens with two attached hydrogens (primary N) is 1. The molecule has 0 saturated heterocycles. The molecule has 0 spiro atoms. The molecule has 0 aliphatic carbocycles. The van der Waals surface area contributed by atoms with Crippen molar-refractivity contribution in [2.75, 3.05) is 6.61 Å². The SMILES string of the molecule is NC(Cc1ccc(O)cc1)C(=O)NC(Cc1c[nH]c2ccccc12)C(=O)NC(Cc1ccc(O)cc1)C(=O)NC(CO)C(=O)O. The van der Waals surface area contributed by atoms with Crippen molar-refractivity contribution in [2.24, 2.45) is 5.73 Å². The number of carboxylic acids is 1. The molecule has 3 amide bonds. The smallest absolute Gasteiger partial charge is 0.328 e. The van der Waals surface area contributed by atoms with Gasteiger partial charge in [0.2, 0.25) is 17.7 Å². The maximum Gasteiger partial charge on any atom is 0.328 e. The summed E-state index contributed by atoms with van der Waals surface area (Å²) >= 11 is 0. The van der Waals surface area contributed by atoms with Gasteiger partial charge in [-0.05, 0) is 53.4 Å². The largest absolute Gasteiger partial charge is 0.508 e. The summed E-state index contributed by atoms with van der Waals surface area (Å²) in [5.41, 5.74) is 8.94. The zero-order valence-electron chi connectivity index (χ0n) is 24.1. The van der Waals surface area contributed by atoms with E-state index in [2.05, 4.69) is 20.9 Å². The van der Waals surface area contributed by atoms with Crippen LogP contribution in [0.5, 0.6) is 11.5 Å². The van der Waals surface area contributed by atoms with Crippen molar-refractivity contribution in [3.8, 4) is 11.5 Å². The second-order valence-electron chi connectivity index (χ2n) is 10.6. The molecule has 45 heavy (non-hydrogen) atoms. The van der Waals surface area contributed by atoms with Crippen LogP contribution in [-0.4, -0.2) is 79.9 Å². The summed E-state index contributed by atoms with van der Waals surface area (Å²) in [7, 11) is 0. The van der Waals surface area contributed by atoms with E-state index >= 15 is 0 Å². The molecule has 0 fully saturated rings. The van der Waals surface area contributed by atoms with E-state index in [1.807, 2.05) is 24.3 Å². The number of carbonyl (C=O) groups excluding carboxylic acids is 3. The number of hydrogen-bond acceptors (Lipinski definition) is 8. The van der Waals surface area contributed by atoms with E-state index in [0.717, 1.165) is 10.9 Å². The highest BCUT2D eigenvalue weighted by Crippen LogP contribution is 2.20. The topological polar surface area (TPSA) is 227 Å². The van der Waals surface area contributed by atoms with E-state index in [9.17, 15) is 39.6 Å². The average molecular weight is 618 g/mol. The minimum Gasteiger partial charge on any atom is -0.508 e. The van der Waals surface area contributed by atoms with E-state index in [-0.39, 0.29) is 30.8 Å². The normalized spacial score (nSPS) is 13.7. The number of H-pyrrole nitrogens is 1. The van der Waals surface area contributed by atoms with Crippen molar-refractivity contribution in [3.05, 3.63) is 95.7 Å². The Morgan fingerprint density at radius 1 is 0.689 bits per heavy atom. The number of phenolic OH excluding ortho intramolecular Hbond substituents is 2. The number of carboxylic acid groups (broad SMARTS) is 1. The Balaban J connectivity index is 1.59. The Hall–Kier alpha value is -5.40. The molecule has 236 valence electrons. The molecular formula is C32H35N5O8. The molecule has 0 radical (unpaired) electrons. The number of aliphatic hydroxyl groups is 1. The van der Waals surface area contributed by atoms with Gasteiger partial charge in [0, 0.05) is 29.9 Å².